The number of nitrogens with two attached hydrogens (primary N) is 1. The molecule has 7 nitrogen and oxygen atoms in total. The van der Waals surface area contributed by atoms with Gasteiger partial charge in [0.05, 0.1) is 17.5 Å². The summed E-state index contributed by atoms with van der Waals surface area (Å²) in [6.07, 6.45) is -16.3. The van der Waals surface area contributed by atoms with E-state index in [9.17, 15) is 45.5 Å². The largest absolute Gasteiger partial charge is 0.389 e. The zero-order valence-corrected chi connectivity index (χ0v) is 25.1. The molecule has 1 aliphatic heterocycles. The summed E-state index contributed by atoms with van der Waals surface area (Å²) in [5.41, 5.74) is 7.76. The number of nitrogens with zero attached hydrogens (tertiary/aromatic N) is 1. The normalized spacial score (nSPS) is 17.4. The van der Waals surface area contributed by atoms with Crippen LogP contribution in [-0.2, 0) is 25.6 Å². The molecule has 0 saturated heterocycles. The minimum Gasteiger partial charge on any atom is -0.328 e. The second kappa shape index (κ2) is 15.7. The van der Waals surface area contributed by atoms with Gasteiger partial charge in [0.1, 0.15) is 11.6 Å². The predicted molar refractivity (Wildman–Crippen MR) is 158 cm³/mol. The fourth-order valence-corrected chi connectivity index (χ4v) is 5.91. The lowest BCUT2D eigenvalue weighted by Crippen LogP contribution is -2.46. The molecular formula is C31H33F6N3O4S. The van der Waals surface area contributed by atoms with Crippen LogP contribution in [0.15, 0.2) is 59.6 Å². The van der Waals surface area contributed by atoms with Gasteiger partial charge in [-0.1, -0.05) is 54.6 Å². The Bertz CT molecular complexity index is 1400. The second-order valence-corrected chi connectivity index (χ2v) is 11.8. The number of hydrogen-bond acceptors (Lipinski definition) is 7. The van der Waals surface area contributed by atoms with Gasteiger partial charge in [0.15, 0.2) is 11.9 Å². The molecule has 14 heteroatoms. The molecule has 0 fully saturated rings. The summed E-state index contributed by atoms with van der Waals surface area (Å²) >= 11 is 0.835. The summed E-state index contributed by atoms with van der Waals surface area (Å²) in [4.78, 5) is 56.0. The Morgan fingerprint density at radius 3 is 2.11 bits per heavy atom. The summed E-state index contributed by atoms with van der Waals surface area (Å²) in [5, 5.41) is 2.35. The number of alkyl halides is 6. The van der Waals surface area contributed by atoms with Crippen LogP contribution in [0.3, 0.4) is 0 Å². The van der Waals surface area contributed by atoms with Gasteiger partial charge >= 0.3 is 12.4 Å². The zero-order valence-electron chi connectivity index (χ0n) is 24.3. The number of fused-ring (bicyclic) bond motifs is 1. The van der Waals surface area contributed by atoms with Crippen molar-refractivity contribution in [3.63, 3.8) is 0 Å². The highest BCUT2D eigenvalue weighted by Crippen LogP contribution is 2.34. The van der Waals surface area contributed by atoms with Crippen LogP contribution < -0.4 is 11.1 Å². The first kappa shape index (κ1) is 36.0. The van der Waals surface area contributed by atoms with Crippen LogP contribution in [0.25, 0.3) is 0 Å². The average molecular weight is 658 g/mol. The van der Waals surface area contributed by atoms with Gasteiger partial charge in [-0.15, -0.1) is 0 Å². The molecule has 0 aliphatic carbocycles. The molecule has 1 heterocycles. The zero-order chi connectivity index (χ0) is 33.4. The fourth-order valence-electron chi connectivity index (χ4n) is 4.89. The van der Waals surface area contributed by atoms with Crippen molar-refractivity contribution in [2.45, 2.75) is 63.6 Å². The van der Waals surface area contributed by atoms with Gasteiger partial charge in [0.2, 0.25) is 5.91 Å². The van der Waals surface area contributed by atoms with Gasteiger partial charge in [0, 0.05) is 48.0 Å². The number of ketones is 3. The molecule has 0 bridgehead atoms. The van der Waals surface area contributed by atoms with Gasteiger partial charge < -0.3 is 11.1 Å². The maximum atomic E-state index is 13.6. The van der Waals surface area contributed by atoms with Gasteiger partial charge in [0.25, 0.3) is 0 Å². The Labute approximate surface area is 260 Å². The highest BCUT2D eigenvalue weighted by Gasteiger charge is 2.41. The van der Waals surface area contributed by atoms with Crippen molar-refractivity contribution >= 4 is 40.7 Å². The highest BCUT2D eigenvalue weighted by atomic mass is 32.2. The number of halogens is 6. The van der Waals surface area contributed by atoms with E-state index in [0.717, 1.165) is 11.8 Å². The van der Waals surface area contributed by atoms with Crippen molar-refractivity contribution in [2.24, 2.45) is 22.6 Å². The van der Waals surface area contributed by atoms with E-state index in [1.165, 1.54) is 6.92 Å². The molecule has 244 valence electrons. The molecule has 45 heavy (non-hydrogen) atoms. The van der Waals surface area contributed by atoms with Crippen molar-refractivity contribution in [3.05, 3.63) is 71.3 Å². The van der Waals surface area contributed by atoms with Crippen LogP contribution >= 0.6 is 11.8 Å². The van der Waals surface area contributed by atoms with E-state index < -0.39 is 91.1 Å². The molecule has 0 saturated carbocycles. The van der Waals surface area contributed by atoms with Gasteiger partial charge in [-0.05, 0) is 25.3 Å². The van der Waals surface area contributed by atoms with Crippen molar-refractivity contribution in [2.75, 3.05) is 11.5 Å². The number of benzene rings is 2. The number of aliphatic imine (C=N–C) groups is 1. The molecule has 4 atom stereocenters. The first-order chi connectivity index (χ1) is 21.1. The third-order valence-corrected chi connectivity index (χ3v) is 8.39. The minimum absolute atomic E-state index is 0.0550. The minimum atomic E-state index is -4.78. The Morgan fingerprint density at radius 2 is 1.51 bits per heavy atom. The monoisotopic (exact) mass is 657 g/mol. The molecule has 1 amide bonds. The van der Waals surface area contributed by atoms with Crippen LogP contribution in [0.2, 0.25) is 0 Å². The summed E-state index contributed by atoms with van der Waals surface area (Å²) < 4.78 is 79.8. The van der Waals surface area contributed by atoms with E-state index in [1.54, 1.807) is 54.6 Å². The standard InChI is InChI=1S/C31H33F6N3O4S/c1-18(41)24(38)16-45-17-26(43)22(11-13-30(32,33)34)23(12-14-31(35,36)37)29(44)40-28-25(42)15-20-9-5-6-10-21(20)27(39-28)19-7-3-2-4-8-19/h2-10,22-24,28H,11-17,38H2,1H3,(H,40,44)/t22-,23+,24-,28+/m0/s1. The summed E-state index contributed by atoms with van der Waals surface area (Å²) in [6, 6.07) is 14.6. The van der Waals surface area contributed by atoms with E-state index in [2.05, 4.69) is 10.3 Å². The second-order valence-electron chi connectivity index (χ2n) is 10.8. The molecule has 3 N–H and O–H groups in total. The van der Waals surface area contributed by atoms with Crippen molar-refractivity contribution < 1.29 is 45.5 Å². The number of rotatable bonds is 14. The topological polar surface area (TPSA) is 119 Å². The summed E-state index contributed by atoms with van der Waals surface area (Å²) in [7, 11) is 0. The Morgan fingerprint density at radius 1 is 0.933 bits per heavy atom. The molecule has 3 rings (SSSR count). The van der Waals surface area contributed by atoms with Crippen LogP contribution in [0.4, 0.5) is 26.3 Å². The lowest BCUT2D eigenvalue weighted by Gasteiger charge is -2.27. The first-order valence-electron chi connectivity index (χ1n) is 14.1. The smallest absolute Gasteiger partial charge is 0.328 e. The Hall–Kier alpha value is -3.52. The van der Waals surface area contributed by atoms with Gasteiger partial charge in [-0.2, -0.15) is 38.1 Å². The number of hydrogen-bond donors (Lipinski definition) is 2. The number of carbonyl (C=O) groups excluding carboxylic acids is 4. The van der Waals surface area contributed by atoms with Crippen molar-refractivity contribution in [1.29, 1.82) is 0 Å². The van der Waals surface area contributed by atoms with E-state index in [-0.39, 0.29) is 12.2 Å². The fraction of sp³-hybridized carbons (Fsp3) is 0.452. The third kappa shape index (κ3) is 11.1. The average Bonchev–Trinajstić information content (AvgIpc) is 3.09. The van der Waals surface area contributed by atoms with Crippen molar-refractivity contribution in [1.82, 2.24) is 5.32 Å². The summed E-state index contributed by atoms with van der Waals surface area (Å²) in [5.74, 6) is -7.21. The SMILES string of the molecule is CC(=O)[C@@H](N)CSCC(=O)[C@@H](CCC(F)(F)F)[C@@H](CCC(F)(F)F)C(=O)N[C@H]1N=C(c2ccccc2)c2ccccc2CC1=O. The van der Waals surface area contributed by atoms with E-state index in [1.807, 2.05) is 0 Å². The number of nitrogens with one attached hydrogen (secondary N) is 1. The molecule has 2 aromatic rings. The Balaban J connectivity index is 1.96. The maximum absolute atomic E-state index is 13.6. The maximum Gasteiger partial charge on any atom is 0.389 e. The van der Waals surface area contributed by atoms with Crippen LogP contribution in [-0.4, -0.2) is 65.0 Å². The van der Waals surface area contributed by atoms with E-state index in [4.69, 9.17) is 5.73 Å². The molecule has 0 unspecified atom stereocenters. The number of Topliss-reactive ketones (excluding diaryl/α,β-unsaturated/α-hetero) is 3. The van der Waals surface area contributed by atoms with Crippen molar-refractivity contribution in [3.8, 4) is 0 Å². The lowest BCUT2D eigenvalue weighted by molar-refractivity contribution is -0.152. The number of carbonyl (C=O) groups is 4. The molecule has 1 aliphatic rings. The number of amides is 1. The van der Waals surface area contributed by atoms with E-state index in [0.29, 0.717) is 22.4 Å². The van der Waals surface area contributed by atoms with Gasteiger partial charge in [-0.3, -0.25) is 24.2 Å². The predicted octanol–water partition coefficient (Wildman–Crippen LogP) is 5.23. The molecular weight excluding hydrogens is 624 g/mol. The van der Waals surface area contributed by atoms with Gasteiger partial charge in [-0.25, -0.2) is 0 Å². The number of thioether (sulfide) groups is 1. The molecule has 0 radical (unpaired) electrons. The summed E-state index contributed by atoms with van der Waals surface area (Å²) in [6.45, 7) is 1.22. The van der Waals surface area contributed by atoms with Crippen LogP contribution in [0, 0.1) is 11.8 Å². The third-order valence-electron chi connectivity index (χ3n) is 7.30. The molecule has 2 aromatic carbocycles. The van der Waals surface area contributed by atoms with E-state index >= 15 is 0 Å². The highest BCUT2D eigenvalue weighted by molar-refractivity contribution is 8.00. The van der Waals surface area contributed by atoms with Crippen LogP contribution in [0.1, 0.15) is 49.3 Å². The quantitative estimate of drug-likeness (QED) is 0.269. The van der Waals surface area contributed by atoms with Crippen LogP contribution in [0.5, 0.6) is 0 Å². The molecule has 0 aromatic heterocycles. The lowest BCUT2D eigenvalue weighted by atomic mass is 9.81. The first-order valence-corrected chi connectivity index (χ1v) is 15.3. The molecule has 0 spiro atoms. The Kier molecular flexibility index (Phi) is 12.5.